The molecule has 9 heteroatoms. The number of hydrogen-bond donors (Lipinski definition) is 5. The van der Waals surface area contributed by atoms with Crippen LogP contribution in [0.5, 0.6) is 5.75 Å². The number of rotatable bonds is 8. The molecule has 9 nitrogen and oxygen atoms in total. The number of benzene rings is 1. The standard InChI is InChI=1S/C21H29N3O6/c1-11(2)8-16(19(22)27)24-21(29)13-9-15(18(26)17(25)10-13)23-20(28)12-4-6-14(30-3)7-5-12/h4-7,9,11,15-18,25-26H,8,10H2,1-3H3,(H2,22,27)(H,23,28)(H,24,29)/t15-,16-,17-,18-/m1/s1. The summed E-state index contributed by atoms with van der Waals surface area (Å²) >= 11 is 0. The molecule has 0 spiro atoms. The molecule has 0 fully saturated rings. The van der Waals surface area contributed by atoms with Gasteiger partial charge in [0.1, 0.15) is 17.9 Å². The third kappa shape index (κ3) is 6.04. The Labute approximate surface area is 175 Å². The Morgan fingerprint density at radius 3 is 2.33 bits per heavy atom. The second-order valence-corrected chi connectivity index (χ2v) is 7.74. The summed E-state index contributed by atoms with van der Waals surface area (Å²) in [6.45, 7) is 3.79. The van der Waals surface area contributed by atoms with Crippen molar-refractivity contribution < 1.29 is 29.3 Å². The highest BCUT2D eigenvalue weighted by atomic mass is 16.5. The SMILES string of the molecule is COc1ccc(C(=O)N[C@@H]2C=C(C(=O)N[C@H](CC(C)C)C(N)=O)C[C@@H](O)[C@@H]2O)cc1. The van der Waals surface area contributed by atoms with E-state index in [1.807, 2.05) is 13.8 Å². The van der Waals surface area contributed by atoms with E-state index in [9.17, 15) is 24.6 Å². The minimum Gasteiger partial charge on any atom is -0.497 e. The van der Waals surface area contributed by atoms with Crippen molar-refractivity contribution in [3.63, 3.8) is 0 Å². The average molecular weight is 419 g/mol. The third-order valence-corrected chi connectivity index (χ3v) is 4.87. The van der Waals surface area contributed by atoms with Gasteiger partial charge in [0, 0.05) is 17.6 Å². The number of aliphatic hydroxyl groups excluding tert-OH is 2. The molecular formula is C21H29N3O6. The van der Waals surface area contributed by atoms with Crippen LogP contribution in [0.15, 0.2) is 35.9 Å². The van der Waals surface area contributed by atoms with E-state index < -0.39 is 42.0 Å². The van der Waals surface area contributed by atoms with Gasteiger partial charge in [0.25, 0.3) is 5.91 Å². The first-order valence-electron chi connectivity index (χ1n) is 9.74. The number of methoxy groups -OCH3 is 1. The maximum absolute atomic E-state index is 12.6. The van der Waals surface area contributed by atoms with Gasteiger partial charge < -0.3 is 31.3 Å². The zero-order chi connectivity index (χ0) is 22.4. The van der Waals surface area contributed by atoms with Crippen LogP contribution in [-0.4, -0.2) is 59.3 Å². The molecule has 0 saturated heterocycles. The van der Waals surface area contributed by atoms with E-state index in [1.165, 1.54) is 13.2 Å². The number of primary amides is 1. The van der Waals surface area contributed by atoms with Gasteiger partial charge >= 0.3 is 0 Å². The highest BCUT2D eigenvalue weighted by molar-refractivity contribution is 5.98. The smallest absolute Gasteiger partial charge is 0.251 e. The van der Waals surface area contributed by atoms with E-state index in [4.69, 9.17) is 10.5 Å². The van der Waals surface area contributed by atoms with Crippen molar-refractivity contribution in [1.29, 1.82) is 0 Å². The molecule has 3 amide bonds. The molecule has 0 bridgehead atoms. The van der Waals surface area contributed by atoms with Crippen molar-refractivity contribution >= 4 is 17.7 Å². The topological polar surface area (TPSA) is 151 Å². The first-order chi connectivity index (χ1) is 14.1. The van der Waals surface area contributed by atoms with Crippen LogP contribution in [0, 0.1) is 5.92 Å². The molecule has 4 atom stereocenters. The molecule has 1 aliphatic carbocycles. The van der Waals surface area contributed by atoms with Gasteiger partial charge in [-0.05, 0) is 36.6 Å². The monoisotopic (exact) mass is 419 g/mol. The summed E-state index contributed by atoms with van der Waals surface area (Å²) in [5.74, 6) is -0.995. The van der Waals surface area contributed by atoms with Gasteiger partial charge in [-0.1, -0.05) is 19.9 Å². The van der Waals surface area contributed by atoms with Crippen molar-refractivity contribution in [1.82, 2.24) is 10.6 Å². The molecule has 0 heterocycles. The van der Waals surface area contributed by atoms with Crippen LogP contribution in [0.3, 0.4) is 0 Å². The summed E-state index contributed by atoms with van der Waals surface area (Å²) in [6.07, 6.45) is -0.895. The van der Waals surface area contributed by atoms with E-state index in [0.29, 0.717) is 17.7 Å². The normalized spacial score (nSPS) is 22.1. The Balaban J connectivity index is 2.14. The average Bonchev–Trinajstić information content (AvgIpc) is 2.70. The van der Waals surface area contributed by atoms with Crippen molar-refractivity contribution in [2.75, 3.05) is 7.11 Å². The zero-order valence-electron chi connectivity index (χ0n) is 17.3. The molecule has 0 aliphatic heterocycles. The van der Waals surface area contributed by atoms with Crippen molar-refractivity contribution in [3.8, 4) is 5.75 Å². The van der Waals surface area contributed by atoms with Gasteiger partial charge in [-0.15, -0.1) is 0 Å². The van der Waals surface area contributed by atoms with Crippen LogP contribution in [-0.2, 0) is 9.59 Å². The first-order valence-corrected chi connectivity index (χ1v) is 9.74. The number of ether oxygens (including phenoxy) is 1. The maximum atomic E-state index is 12.6. The highest BCUT2D eigenvalue weighted by Gasteiger charge is 2.34. The lowest BCUT2D eigenvalue weighted by Crippen LogP contribution is -2.52. The summed E-state index contributed by atoms with van der Waals surface area (Å²) in [6, 6.07) is 4.51. The van der Waals surface area contributed by atoms with Crippen molar-refractivity contribution in [2.24, 2.45) is 11.7 Å². The van der Waals surface area contributed by atoms with Gasteiger partial charge in [-0.3, -0.25) is 14.4 Å². The minimum absolute atomic E-state index is 0.116. The number of amides is 3. The lowest BCUT2D eigenvalue weighted by molar-refractivity contribution is -0.126. The van der Waals surface area contributed by atoms with Crippen LogP contribution >= 0.6 is 0 Å². The molecule has 0 radical (unpaired) electrons. The van der Waals surface area contributed by atoms with Crippen LogP contribution in [0.4, 0.5) is 0 Å². The van der Waals surface area contributed by atoms with E-state index in [1.54, 1.807) is 24.3 Å². The fraction of sp³-hybridized carbons (Fsp3) is 0.476. The zero-order valence-corrected chi connectivity index (χ0v) is 17.3. The highest BCUT2D eigenvalue weighted by Crippen LogP contribution is 2.21. The van der Waals surface area contributed by atoms with Crippen LogP contribution in [0.25, 0.3) is 0 Å². The Morgan fingerprint density at radius 1 is 1.17 bits per heavy atom. The summed E-state index contributed by atoms with van der Waals surface area (Å²) < 4.78 is 5.05. The Kier molecular flexibility index (Phi) is 7.96. The molecular weight excluding hydrogens is 390 g/mol. The number of carbonyl (C=O) groups excluding carboxylic acids is 3. The van der Waals surface area contributed by atoms with E-state index in [0.717, 1.165) is 0 Å². The quantitative estimate of drug-likeness (QED) is 0.396. The number of nitrogens with two attached hydrogens (primary N) is 1. The molecule has 1 aromatic rings. The summed E-state index contributed by atoms with van der Waals surface area (Å²) in [5, 5.41) is 25.6. The first kappa shape index (κ1) is 23.4. The summed E-state index contributed by atoms with van der Waals surface area (Å²) in [4.78, 5) is 36.7. The fourth-order valence-electron chi connectivity index (χ4n) is 3.21. The van der Waals surface area contributed by atoms with Gasteiger partial charge in [0.15, 0.2) is 0 Å². The van der Waals surface area contributed by atoms with E-state index in [-0.39, 0.29) is 17.9 Å². The lowest BCUT2D eigenvalue weighted by Gasteiger charge is -2.31. The number of nitrogens with one attached hydrogen (secondary N) is 2. The Hall–Kier alpha value is -2.91. The molecule has 30 heavy (non-hydrogen) atoms. The fourth-order valence-corrected chi connectivity index (χ4v) is 3.21. The lowest BCUT2D eigenvalue weighted by atomic mass is 9.89. The van der Waals surface area contributed by atoms with Crippen LogP contribution in [0.2, 0.25) is 0 Å². The second kappa shape index (κ2) is 10.2. The molecule has 0 aromatic heterocycles. The van der Waals surface area contributed by atoms with E-state index >= 15 is 0 Å². The molecule has 6 N–H and O–H groups in total. The number of aliphatic hydroxyl groups is 2. The molecule has 0 unspecified atom stereocenters. The van der Waals surface area contributed by atoms with E-state index in [2.05, 4.69) is 10.6 Å². The maximum Gasteiger partial charge on any atom is 0.251 e. The second-order valence-electron chi connectivity index (χ2n) is 7.74. The molecule has 0 saturated carbocycles. The van der Waals surface area contributed by atoms with Crippen LogP contribution in [0.1, 0.15) is 37.0 Å². The van der Waals surface area contributed by atoms with Crippen molar-refractivity contribution in [3.05, 3.63) is 41.5 Å². The Bertz CT molecular complexity index is 805. The van der Waals surface area contributed by atoms with Gasteiger partial charge in [-0.25, -0.2) is 0 Å². The van der Waals surface area contributed by atoms with Crippen LogP contribution < -0.4 is 21.1 Å². The number of hydrogen-bond acceptors (Lipinski definition) is 6. The summed E-state index contributed by atoms with van der Waals surface area (Å²) in [5.41, 5.74) is 5.84. The summed E-state index contributed by atoms with van der Waals surface area (Å²) in [7, 11) is 1.51. The molecule has 164 valence electrons. The molecule has 1 aromatic carbocycles. The molecule has 1 aliphatic rings. The van der Waals surface area contributed by atoms with Gasteiger partial charge in [-0.2, -0.15) is 0 Å². The third-order valence-electron chi connectivity index (χ3n) is 4.87. The predicted molar refractivity (Wildman–Crippen MR) is 110 cm³/mol. The Morgan fingerprint density at radius 2 is 1.80 bits per heavy atom. The van der Waals surface area contributed by atoms with Crippen molar-refractivity contribution in [2.45, 2.75) is 51.0 Å². The number of carbonyl (C=O) groups is 3. The predicted octanol–water partition coefficient (Wildman–Crippen LogP) is -0.138. The molecule has 2 rings (SSSR count). The largest absolute Gasteiger partial charge is 0.497 e. The minimum atomic E-state index is -1.29. The van der Waals surface area contributed by atoms with Gasteiger partial charge in [0.05, 0.1) is 19.3 Å². The van der Waals surface area contributed by atoms with Gasteiger partial charge in [0.2, 0.25) is 11.8 Å².